The third kappa shape index (κ3) is 4.74. The van der Waals surface area contributed by atoms with Crippen LogP contribution in [0.15, 0.2) is 54.6 Å². The average Bonchev–Trinajstić information content (AvgIpc) is 3.29. The first-order valence-corrected chi connectivity index (χ1v) is 11.1. The first-order valence-electron chi connectivity index (χ1n) is 11.1. The van der Waals surface area contributed by atoms with Crippen molar-refractivity contribution in [2.75, 3.05) is 31.1 Å². The SMILES string of the molecule is CC1(C)Oc2ccccc2N(CCC(=O)NCC(c2ccccc2)N2CCCC2)C1=O. The molecular formula is C25H31N3O3. The molecule has 1 N–H and O–H groups in total. The molecule has 0 aliphatic carbocycles. The maximum Gasteiger partial charge on any atom is 0.270 e. The van der Waals surface area contributed by atoms with E-state index in [1.807, 2.05) is 42.5 Å². The molecular weight excluding hydrogens is 390 g/mol. The van der Waals surface area contributed by atoms with Crippen LogP contribution in [0.25, 0.3) is 0 Å². The van der Waals surface area contributed by atoms with Gasteiger partial charge in [-0.3, -0.25) is 14.5 Å². The van der Waals surface area contributed by atoms with E-state index in [-0.39, 0.29) is 24.3 Å². The molecule has 0 aromatic heterocycles. The number of carbonyl (C=O) groups is 2. The fourth-order valence-corrected chi connectivity index (χ4v) is 4.44. The Labute approximate surface area is 184 Å². The van der Waals surface area contributed by atoms with Crippen molar-refractivity contribution in [1.29, 1.82) is 0 Å². The van der Waals surface area contributed by atoms with E-state index in [4.69, 9.17) is 4.74 Å². The van der Waals surface area contributed by atoms with E-state index in [1.165, 1.54) is 18.4 Å². The summed E-state index contributed by atoms with van der Waals surface area (Å²) >= 11 is 0. The summed E-state index contributed by atoms with van der Waals surface area (Å²) in [6.07, 6.45) is 2.65. The number of nitrogens with one attached hydrogen (secondary N) is 1. The molecule has 1 fully saturated rings. The number of amides is 2. The van der Waals surface area contributed by atoms with Crippen LogP contribution in [0.3, 0.4) is 0 Å². The lowest BCUT2D eigenvalue weighted by atomic mass is 10.0. The molecule has 2 aliphatic heterocycles. The van der Waals surface area contributed by atoms with Crippen molar-refractivity contribution >= 4 is 17.5 Å². The standard InChI is InChI=1S/C25H31N3O3/c1-25(2)24(30)28(20-12-6-7-13-22(20)31-25)17-14-23(29)26-18-21(27-15-8-9-16-27)19-10-4-3-5-11-19/h3-7,10-13,21H,8-9,14-18H2,1-2H3,(H,26,29). The number of hydrogen-bond donors (Lipinski definition) is 1. The lowest BCUT2D eigenvalue weighted by molar-refractivity contribution is -0.132. The van der Waals surface area contributed by atoms with Crippen LogP contribution < -0.4 is 15.0 Å². The van der Waals surface area contributed by atoms with Gasteiger partial charge in [0.05, 0.1) is 11.7 Å². The van der Waals surface area contributed by atoms with E-state index >= 15 is 0 Å². The molecule has 2 amide bonds. The number of rotatable bonds is 7. The topological polar surface area (TPSA) is 61.9 Å². The molecule has 0 saturated carbocycles. The Hall–Kier alpha value is -2.86. The van der Waals surface area contributed by atoms with Crippen LogP contribution in [0.4, 0.5) is 5.69 Å². The molecule has 0 radical (unpaired) electrons. The molecule has 0 bridgehead atoms. The molecule has 1 unspecified atom stereocenters. The van der Waals surface area contributed by atoms with Crippen molar-refractivity contribution in [3.63, 3.8) is 0 Å². The van der Waals surface area contributed by atoms with Crippen molar-refractivity contribution < 1.29 is 14.3 Å². The Balaban J connectivity index is 1.39. The summed E-state index contributed by atoms with van der Waals surface area (Å²) in [4.78, 5) is 29.7. The predicted octanol–water partition coefficient (Wildman–Crippen LogP) is 3.53. The Bertz CT molecular complexity index is 923. The van der Waals surface area contributed by atoms with Gasteiger partial charge in [-0.05, 0) is 57.5 Å². The maximum atomic E-state index is 12.9. The van der Waals surface area contributed by atoms with E-state index in [0.29, 0.717) is 18.8 Å². The van der Waals surface area contributed by atoms with Gasteiger partial charge in [-0.1, -0.05) is 42.5 Å². The van der Waals surface area contributed by atoms with Crippen molar-refractivity contribution in [2.45, 2.75) is 44.8 Å². The predicted molar refractivity (Wildman–Crippen MR) is 121 cm³/mol. The first kappa shape index (κ1) is 21.4. The molecule has 6 heteroatoms. The van der Waals surface area contributed by atoms with Gasteiger partial charge in [0.1, 0.15) is 5.75 Å². The first-order chi connectivity index (χ1) is 15.0. The highest BCUT2D eigenvalue weighted by atomic mass is 16.5. The van der Waals surface area contributed by atoms with Gasteiger partial charge in [-0.2, -0.15) is 0 Å². The van der Waals surface area contributed by atoms with E-state index in [2.05, 4.69) is 22.3 Å². The summed E-state index contributed by atoms with van der Waals surface area (Å²) < 4.78 is 5.86. The fraction of sp³-hybridized carbons (Fsp3) is 0.440. The Kier molecular flexibility index (Phi) is 6.28. The van der Waals surface area contributed by atoms with E-state index in [1.54, 1.807) is 18.7 Å². The largest absolute Gasteiger partial charge is 0.476 e. The zero-order chi connectivity index (χ0) is 21.8. The summed E-state index contributed by atoms with van der Waals surface area (Å²) in [5.74, 6) is 0.499. The Morgan fingerprint density at radius 2 is 1.74 bits per heavy atom. The summed E-state index contributed by atoms with van der Waals surface area (Å²) in [7, 11) is 0. The molecule has 2 heterocycles. The Morgan fingerprint density at radius 3 is 2.48 bits per heavy atom. The summed E-state index contributed by atoms with van der Waals surface area (Å²) in [6, 6.07) is 18.0. The minimum Gasteiger partial charge on any atom is -0.476 e. The number of benzene rings is 2. The molecule has 0 spiro atoms. The van der Waals surface area contributed by atoms with Crippen molar-refractivity contribution in [3.8, 4) is 5.75 Å². The number of ether oxygens (including phenoxy) is 1. The highest BCUT2D eigenvalue weighted by molar-refractivity contribution is 6.02. The van der Waals surface area contributed by atoms with Crippen LogP contribution in [0.5, 0.6) is 5.75 Å². The monoisotopic (exact) mass is 421 g/mol. The smallest absolute Gasteiger partial charge is 0.270 e. The third-order valence-electron chi connectivity index (χ3n) is 6.10. The number of anilines is 1. The van der Waals surface area contributed by atoms with E-state index in [0.717, 1.165) is 18.8 Å². The van der Waals surface area contributed by atoms with Gasteiger partial charge in [0, 0.05) is 19.5 Å². The zero-order valence-corrected chi connectivity index (χ0v) is 18.3. The lowest BCUT2D eigenvalue weighted by Crippen LogP contribution is -2.53. The summed E-state index contributed by atoms with van der Waals surface area (Å²) in [6.45, 7) is 6.54. The number of likely N-dealkylation sites (tertiary alicyclic amines) is 1. The number of para-hydroxylation sites is 2. The van der Waals surface area contributed by atoms with Crippen LogP contribution in [0, 0.1) is 0 Å². The van der Waals surface area contributed by atoms with Crippen molar-refractivity contribution in [1.82, 2.24) is 10.2 Å². The molecule has 4 rings (SSSR count). The normalized spacial score (nSPS) is 18.9. The zero-order valence-electron chi connectivity index (χ0n) is 18.3. The molecule has 1 saturated heterocycles. The minimum atomic E-state index is -0.945. The van der Waals surface area contributed by atoms with Gasteiger partial charge in [-0.15, -0.1) is 0 Å². The van der Waals surface area contributed by atoms with Gasteiger partial charge < -0.3 is 15.0 Å². The van der Waals surface area contributed by atoms with E-state index in [9.17, 15) is 9.59 Å². The van der Waals surface area contributed by atoms with Gasteiger partial charge in [0.25, 0.3) is 5.91 Å². The van der Waals surface area contributed by atoms with Crippen LogP contribution >= 0.6 is 0 Å². The minimum absolute atomic E-state index is 0.0466. The van der Waals surface area contributed by atoms with Crippen LogP contribution in [-0.2, 0) is 9.59 Å². The van der Waals surface area contributed by atoms with Gasteiger partial charge in [-0.25, -0.2) is 0 Å². The molecule has 2 aromatic rings. The summed E-state index contributed by atoms with van der Waals surface area (Å²) in [5, 5.41) is 3.11. The molecule has 6 nitrogen and oxygen atoms in total. The average molecular weight is 422 g/mol. The van der Waals surface area contributed by atoms with Crippen molar-refractivity contribution in [2.24, 2.45) is 0 Å². The highest BCUT2D eigenvalue weighted by Gasteiger charge is 2.40. The molecule has 164 valence electrons. The van der Waals surface area contributed by atoms with Gasteiger partial charge in [0.2, 0.25) is 5.91 Å². The second kappa shape index (κ2) is 9.10. The number of fused-ring (bicyclic) bond motifs is 1. The lowest BCUT2D eigenvalue weighted by Gasteiger charge is -2.38. The summed E-state index contributed by atoms with van der Waals surface area (Å²) in [5.41, 5.74) is 1.00. The second-order valence-corrected chi connectivity index (χ2v) is 8.76. The quantitative estimate of drug-likeness (QED) is 0.743. The maximum absolute atomic E-state index is 12.9. The second-order valence-electron chi connectivity index (χ2n) is 8.76. The molecule has 2 aliphatic rings. The molecule has 2 aromatic carbocycles. The van der Waals surface area contributed by atoms with Gasteiger partial charge >= 0.3 is 0 Å². The third-order valence-corrected chi connectivity index (χ3v) is 6.10. The molecule has 31 heavy (non-hydrogen) atoms. The number of carbonyl (C=O) groups excluding carboxylic acids is 2. The highest BCUT2D eigenvalue weighted by Crippen LogP contribution is 2.37. The van der Waals surface area contributed by atoms with Crippen molar-refractivity contribution in [3.05, 3.63) is 60.2 Å². The van der Waals surface area contributed by atoms with Crippen LogP contribution in [-0.4, -0.2) is 48.5 Å². The van der Waals surface area contributed by atoms with E-state index < -0.39 is 5.60 Å². The van der Waals surface area contributed by atoms with Gasteiger partial charge in [0.15, 0.2) is 5.60 Å². The number of nitrogens with zero attached hydrogens (tertiary/aromatic N) is 2. The van der Waals surface area contributed by atoms with Crippen LogP contribution in [0.2, 0.25) is 0 Å². The Morgan fingerprint density at radius 1 is 1.06 bits per heavy atom. The van der Waals surface area contributed by atoms with Crippen LogP contribution in [0.1, 0.15) is 44.7 Å². The number of hydrogen-bond acceptors (Lipinski definition) is 4. The fourth-order valence-electron chi connectivity index (χ4n) is 4.44. The molecule has 1 atom stereocenters.